The van der Waals surface area contributed by atoms with Gasteiger partial charge < -0.3 is 19.7 Å². The molecule has 0 spiro atoms. The van der Waals surface area contributed by atoms with E-state index in [0.29, 0.717) is 24.5 Å². The maximum absolute atomic E-state index is 13.6. The lowest BCUT2D eigenvalue weighted by Crippen LogP contribution is -2.50. The molecule has 2 heterocycles. The number of carbonyl (C=O) groups is 2. The van der Waals surface area contributed by atoms with Gasteiger partial charge in [0, 0.05) is 24.5 Å². The third-order valence-corrected chi connectivity index (χ3v) is 6.72. The second kappa shape index (κ2) is 11.1. The van der Waals surface area contributed by atoms with E-state index in [-0.39, 0.29) is 30.5 Å². The molecule has 0 bridgehead atoms. The molecule has 38 heavy (non-hydrogen) atoms. The molecule has 0 saturated heterocycles. The summed E-state index contributed by atoms with van der Waals surface area (Å²) in [5.41, 5.74) is 3.37. The number of amides is 1. The normalized spacial score (nSPS) is 14.2. The zero-order valence-electron chi connectivity index (χ0n) is 22.0. The van der Waals surface area contributed by atoms with E-state index in [0.717, 1.165) is 28.6 Å². The maximum atomic E-state index is 13.6. The molecule has 0 radical (unpaired) electrons. The van der Waals surface area contributed by atoms with Crippen LogP contribution >= 0.6 is 0 Å². The van der Waals surface area contributed by atoms with Crippen molar-refractivity contribution < 1.29 is 19.1 Å². The maximum Gasteiger partial charge on any atom is 0.271 e. The molecule has 0 saturated carbocycles. The molecule has 4 aromatic rings. The number of carbonyl (C=O) groups excluding carboxylic acids is 2. The van der Waals surface area contributed by atoms with Crippen molar-refractivity contribution in [1.29, 1.82) is 0 Å². The summed E-state index contributed by atoms with van der Waals surface area (Å²) >= 11 is 0. The van der Waals surface area contributed by atoms with Crippen LogP contribution in [0.5, 0.6) is 11.5 Å². The highest BCUT2D eigenvalue weighted by atomic mass is 16.5. The predicted molar refractivity (Wildman–Crippen MR) is 148 cm³/mol. The van der Waals surface area contributed by atoms with Gasteiger partial charge in [0.25, 0.3) is 11.8 Å². The summed E-state index contributed by atoms with van der Waals surface area (Å²) in [6, 6.07) is 25.4. The molecular weight excluding hydrogens is 478 g/mol. The number of nitrogens with one attached hydrogen (secondary N) is 1. The monoisotopic (exact) mass is 511 g/mol. The van der Waals surface area contributed by atoms with Gasteiger partial charge in [-0.1, -0.05) is 42.5 Å². The number of rotatable bonds is 10. The van der Waals surface area contributed by atoms with Crippen molar-refractivity contribution in [3.05, 3.63) is 95.7 Å². The van der Waals surface area contributed by atoms with Crippen molar-refractivity contribution in [3.63, 3.8) is 0 Å². The molecule has 7 heteroatoms. The SMILES string of the molecule is COc1ccc2c(c1)cc1n2C(=O)CN(C[C@H](Cc2ccccc2)NCc2cccc(OC(C)C)c2)C1=O. The van der Waals surface area contributed by atoms with Gasteiger partial charge in [0.15, 0.2) is 0 Å². The van der Waals surface area contributed by atoms with E-state index in [1.807, 2.05) is 62.4 Å². The molecule has 1 atom stereocenters. The zero-order chi connectivity index (χ0) is 26.6. The first-order valence-corrected chi connectivity index (χ1v) is 13.0. The van der Waals surface area contributed by atoms with Crippen LogP contribution in [0.15, 0.2) is 78.9 Å². The molecule has 1 N–H and O–H groups in total. The third-order valence-electron chi connectivity index (χ3n) is 6.72. The van der Waals surface area contributed by atoms with E-state index >= 15 is 0 Å². The van der Waals surface area contributed by atoms with E-state index in [9.17, 15) is 9.59 Å². The van der Waals surface area contributed by atoms with Crippen LogP contribution < -0.4 is 14.8 Å². The average Bonchev–Trinajstić information content (AvgIpc) is 3.30. The van der Waals surface area contributed by atoms with E-state index in [2.05, 4.69) is 23.5 Å². The van der Waals surface area contributed by atoms with Crippen molar-refractivity contribution in [3.8, 4) is 11.5 Å². The van der Waals surface area contributed by atoms with E-state index in [4.69, 9.17) is 9.47 Å². The molecule has 1 aromatic heterocycles. The van der Waals surface area contributed by atoms with Crippen molar-refractivity contribution >= 4 is 22.7 Å². The van der Waals surface area contributed by atoms with E-state index < -0.39 is 0 Å². The van der Waals surface area contributed by atoms with Gasteiger partial charge in [-0.3, -0.25) is 14.2 Å². The van der Waals surface area contributed by atoms with Crippen LogP contribution in [0.2, 0.25) is 0 Å². The summed E-state index contributed by atoms with van der Waals surface area (Å²) in [6.45, 7) is 5.07. The van der Waals surface area contributed by atoms with Crippen LogP contribution in [0.3, 0.4) is 0 Å². The predicted octanol–water partition coefficient (Wildman–Crippen LogP) is 4.93. The van der Waals surface area contributed by atoms with Gasteiger partial charge in [0.1, 0.15) is 23.7 Å². The molecular formula is C31H33N3O4. The van der Waals surface area contributed by atoms with Crippen molar-refractivity contribution in [2.45, 2.75) is 39.0 Å². The van der Waals surface area contributed by atoms with Gasteiger partial charge in [0.2, 0.25) is 0 Å². The number of methoxy groups -OCH3 is 1. The van der Waals surface area contributed by atoms with E-state index in [1.54, 1.807) is 24.1 Å². The van der Waals surface area contributed by atoms with Gasteiger partial charge in [0.05, 0.1) is 18.7 Å². The first kappa shape index (κ1) is 25.5. The van der Waals surface area contributed by atoms with Crippen molar-refractivity contribution in [1.82, 2.24) is 14.8 Å². The van der Waals surface area contributed by atoms with Gasteiger partial charge in [-0.05, 0) is 67.8 Å². The highest BCUT2D eigenvalue weighted by molar-refractivity contribution is 6.09. The Bertz CT molecular complexity index is 1440. The Balaban J connectivity index is 1.36. The minimum absolute atomic E-state index is 0.0341. The number of aromatic nitrogens is 1. The minimum Gasteiger partial charge on any atom is -0.497 e. The number of hydrogen-bond donors (Lipinski definition) is 1. The van der Waals surface area contributed by atoms with Crippen LogP contribution in [-0.4, -0.2) is 53.6 Å². The highest BCUT2D eigenvalue weighted by Gasteiger charge is 2.33. The summed E-state index contributed by atoms with van der Waals surface area (Å²) in [5, 5.41) is 4.44. The fraction of sp³-hybridized carbons (Fsp3) is 0.290. The van der Waals surface area contributed by atoms with Gasteiger partial charge in [-0.2, -0.15) is 0 Å². The van der Waals surface area contributed by atoms with Gasteiger partial charge in [-0.15, -0.1) is 0 Å². The lowest BCUT2D eigenvalue weighted by atomic mass is 10.0. The standard InChI is InChI=1S/C31H33N3O4/c1-21(2)38-27-11-7-10-23(15-27)18-32-25(14-22-8-5-4-6-9-22)19-33-20-30(35)34-28-13-12-26(37-3)16-24(28)17-29(34)31(33)36/h4-13,15-17,21,25,32H,14,18-20H2,1-3H3/t25-/m0/s1. The smallest absolute Gasteiger partial charge is 0.271 e. The molecule has 5 rings (SSSR count). The number of nitrogens with zero attached hydrogens (tertiary/aromatic N) is 2. The summed E-state index contributed by atoms with van der Waals surface area (Å²) < 4.78 is 12.7. The number of ether oxygens (including phenoxy) is 2. The molecule has 0 aliphatic carbocycles. The van der Waals surface area contributed by atoms with Gasteiger partial charge in [-0.25, -0.2) is 0 Å². The molecule has 0 unspecified atom stereocenters. The van der Waals surface area contributed by atoms with Gasteiger partial charge >= 0.3 is 0 Å². The summed E-state index contributed by atoms with van der Waals surface area (Å²) in [5.74, 6) is 1.26. The lowest BCUT2D eigenvalue weighted by Gasteiger charge is -2.31. The Morgan fingerprint density at radius 3 is 2.45 bits per heavy atom. The molecule has 7 nitrogen and oxygen atoms in total. The van der Waals surface area contributed by atoms with Crippen molar-refractivity contribution in [2.24, 2.45) is 0 Å². The first-order chi connectivity index (χ1) is 18.4. The Morgan fingerprint density at radius 1 is 0.895 bits per heavy atom. The largest absolute Gasteiger partial charge is 0.497 e. The highest BCUT2D eigenvalue weighted by Crippen LogP contribution is 2.28. The fourth-order valence-corrected chi connectivity index (χ4v) is 4.99. The Morgan fingerprint density at radius 2 is 1.68 bits per heavy atom. The third kappa shape index (κ3) is 5.58. The minimum atomic E-state index is -0.146. The quantitative estimate of drug-likeness (QED) is 0.327. The number of benzene rings is 3. The van der Waals surface area contributed by atoms with Crippen LogP contribution in [0.25, 0.3) is 10.9 Å². The second-order valence-electron chi connectivity index (χ2n) is 9.95. The molecule has 1 aliphatic rings. The summed E-state index contributed by atoms with van der Waals surface area (Å²) in [4.78, 5) is 28.5. The average molecular weight is 512 g/mol. The van der Waals surface area contributed by atoms with Crippen LogP contribution in [0.1, 0.15) is 40.3 Å². The molecule has 0 fully saturated rings. The molecule has 1 aliphatic heterocycles. The molecule has 3 aromatic carbocycles. The van der Waals surface area contributed by atoms with E-state index in [1.165, 1.54) is 10.1 Å². The molecule has 1 amide bonds. The van der Waals surface area contributed by atoms with Crippen LogP contribution in [0, 0.1) is 0 Å². The van der Waals surface area contributed by atoms with Crippen molar-refractivity contribution in [2.75, 3.05) is 20.2 Å². The molecule has 196 valence electrons. The summed E-state index contributed by atoms with van der Waals surface area (Å²) in [6.07, 6.45) is 0.824. The Kier molecular flexibility index (Phi) is 7.47. The first-order valence-electron chi connectivity index (χ1n) is 13.0. The lowest BCUT2D eigenvalue weighted by molar-refractivity contribution is 0.0608. The fourth-order valence-electron chi connectivity index (χ4n) is 4.99. The second-order valence-corrected chi connectivity index (χ2v) is 9.95. The topological polar surface area (TPSA) is 72.8 Å². The Hall–Kier alpha value is -4.10. The zero-order valence-corrected chi connectivity index (χ0v) is 22.0. The Labute approximate surface area is 223 Å². The van der Waals surface area contributed by atoms with Crippen LogP contribution in [0.4, 0.5) is 0 Å². The number of fused-ring (bicyclic) bond motifs is 3. The summed E-state index contributed by atoms with van der Waals surface area (Å²) in [7, 11) is 1.60. The number of hydrogen-bond acceptors (Lipinski definition) is 5. The van der Waals surface area contributed by atoms with Crippen LogP contribution in [-0.2, 0) is 13.0 Å².